The summed E-state index contributed by atoms with van der Waals surface area (Å²) in [6, 6.07) is 18.7. The maximum Gasteiger partial charge on any atom is 2.00 e. The molecule has 0 aromatic heterocycles. The monoisotopic (exact) mass is 399 g/mol. The Kier molecular flexibility index (Phi) is 12.5. The van der Waals surface area contributed by atoms with Crippen LogP contribution < -0.4 is 21.7 Å². The van der Waals surface area contributed by atoms with Gasteiger partial charge in [-0.25, -0.2) is 0 Å². The Bertz CT molecular complexity index is 547. The van der Waals surface area contributed by atoms with Crippen molar-refractivity contribution in [2.45, 2.75) is 25.9 Å². The predicted molar refractivity (Wildman–Crippen MR) is 98.8 cm³/mol. The second kappa shape index (κ2) is 12.8. The van der Waals surface area contributed by atoms with E-state index in [-0.39, 0.29) is 46.1 Å². The number of aryl methyl sites for hydroxylation is 1. The normalized spacial score (nSPS) is 11.3. The van der Waals surface area contributed by atoms with Gasteiger partial charge in [0.25, 0.3) is 0 Å². The second-order valence-corrected chi connectivity index (χ2v) is 5.78. The van der Waals surface area contributed by atoms with Gasteiger partial charge in [-0.15, -0.1) is 0 Å². The maximum absolute atomic E-state index is 6.24. The average molecular weight is 401 g/mol. The molecule has 0 bridgehead atoms. The number of ether oxygens (including phenoxy) is 1. The van der Waals surface area contributed by atoms with E-state index in [0.717, 1.165) is 31.7 Å². The minimum absolute atomic E-state index is 0. The maximum atomic E-state index is 6.24. The van der Waals surface area contributed by atoms with E-state index in [1.807, 2.05) is 18.2 Å². The molecule has 0 amide bonds. The molecule has 0 N–H and O–H groups in total. The summed E-state index contributed by atoms with van der Waals surface area (Å²) in [6.07, 6.45) is 1.98. The molecule has 0 aliphatic carbocycles. The molecule has 0 fully saturated rings. The molecular formula is C20H26BrMgNO. The topological polar surface area (TPSA) is 12.5 Å². The molecule has 0 saturated heterocycles. The Morgan fingerprint density at radius 3 is 2.21 bits per heavy atom. The van der Waals surface area contributed by atoms with Gasteiger partial charge in [-0.3, -0.25) is 0 Å². The molecule has 0 aliphatic rings. The zero-order valence-electron chi connectivity index (χ0n) is 14.7. The summed E-state index contributed by atoms with van der Waals surface area (Å²) in [7, 11) is 2.14. The van der Waals surface area contributed by atoms with E-state index < -0.39 is 0 Å². The van der Waals surface area contributed by atoms with Gasteiger partial charge in [-0.2, -0.15) is 6.42 Å². The standard InChI is InChI=1S/C20H26NO.BrH.Mg/c1-4-15-21(3)16-14-20(18-8-6-5-7-9-18)22-19-12-10-17(2)11-13-19;;/h5-13,20H,1,4,14-16H2,2-3H3;1H;/q-1;;+2/p-1. The van der Waals surface area contributed by atoms with Crippen LogP contribution in [0.5, 0.6) is 5.75 Å². The van der Waals surface area contributed by atoms with Crippen LogP contribution in [0.4, 0.5) is 0 Å². The van der Waals surface area contributed by atoms with Crippen molar-refractivity contribution in [1.82, 2.24) is 4.90 Å². The zero-order chi connectivity index (χ0) is 15.8. The third-order valence-electron chi connectivity index (χ3n) is 3.78. The molecular weight excluding hydrogens is 374 g/mol. The molecule has 0 heterocycles. The summed E-state index contributed by atoms with van der Waals surface area (Å²) in [5.41, 5.74) is 2.48. The number of hydrogen-bond acceptors (Lipinski definition) is 2. The Morgan fingerprint density at radius 2 is 1.62 bits per heavy atom. The minimum Gasteiger partial charge on any atom is -1.00 e. The number of rotatable bonds is 8. The van der Waals surface area contributed by atoms with Gasteiger partial charge in [-0.05, 0) is 38.2 Å². The third kappa shape index (κ3) is 8.01. The van der Waals surface area contributed by atoms with Crippen LogP contribution in [-0.2, 0) is 0 Å². The van der Waals surface area contributed by atoms with Crippen molar-refractivity contribution in [3.8, 4) is 5.75 Å². The van der Waals surface area contributed by atoms with Crippen LogP contribution in [0.25, 0.3) is 0 Å². The molecule has 0 radical (unpaired) electrons. The summed E-state index contributed by atoms with van der Waals surface area (Å²) in [5, 5.41) is 0. The van der Waals surface area contributed by atoms with Crippen LogP contribution >= 0.6 is 0 Å². The van der Waals surface area contributed by atoms with Gasteiger partial charge in [0.05, 0.1) is 0 Å². The summed E-state index contributed by atoms with van der Waals surface area (Å²) >= 11 is 0. The molecule has 2 rings (SSSR count). The van der Waals surface area contributed by atoms with Gasteiger partial charge in [0.15, 0.2) is 0 Å². The summed E-state index contributed by atoms with van der Waals surface area (Å²) in [6.45, 7) is 8.02. The first kappa shape index (κ1) is 23.4. The van der Waals surface area contributed by atoms with Gasteiger partial charge < -0.3 is 33.5 Å². The summed E-state index contributed by atoms with van der Waals surface area (Å²) in [4.78, 5) is 2.31. The zero-order valence-corrected chi connectivity index (χ0v) is 17.7. The Labute approximate surface area is 173 Å². The van der Waals surface area contributed by atoms with E-state index in [1.54, 1.807) is 0 Å². The van der Waals surface area contributed by atoms with Crippen molar-refractivity contribution in [2.24, 2.45) is 0 Å². The minimum atomic E-state index is 0. The molecule has 0 saturated carbocycles. The van der Waals surface area contributed by atoms with Gasteiger partial charge in [-0.1, -0.05) is 48.0 Å². The molecule has 2 nitrogen and oxygen atoms in total. The number of hydrogen-bond donors (Lipinski definition) is 0. The van der Waals surface area contributed by atoms with Crippen LogP contribution in [0, 0.1) is 13.8 Å². The second-order valence-electron chi connectivity index (χ2n) is 5.78. The Morgan fingerprint density at radius 1 is 1.00 bits per heavy atom. The number of benzene rings is 2. The molecule has 0 aliphatic heterocycles. The molecule has 1 unspecified atom stereocenters. The molecule has 126 valence electrons. The van der Waals surface area contributed by atoms with E-state index in [4.69, 9.17) is 4.74 Å². The van der Waals surface area contributed by atoms with Crippen LogP contribution in [0.3, 0.4) is 0 Å². The number of halogens is 1. The fourth-order valence-corrected chi connectivity index (χ4v) is 2.46. The van der Waals surface area contributed by atoms with E-state index in [0.29, 0.717) is 0 Å². The van der Waals surface area contributed by atoms with E-state index in [9.17, 15) is 0 Å². The third-order valence-corrected chi connectivity index (χ3v) is 3.78. The molecule has 2 aromatic carbocycles. The van der Waals surface area contributed by atoms with Gasteiger partial charge >= 0.3 is 23.1 Å². The Balaban J connectivity index is 0.00000264. The van der Waals surface area contributed by atoms with Crippen molar-refractivity contribution in [2.75, 3.05) is 20.1 Å². The fourth-order valence-electron chi connectivity index (χ4n) is 2.46. The smallest absolute Gasteiger partial charge is 1.00 e. The Hall–Kier alpha value is -0.554. The van der Waals surface area contributed by atoms with Gasteiger partial charge in [0.2, 0.25) is 0 Å². The summed E-state index contributed by atoms with van der Waals surface area (Å²) < 4.78 is 6.24. The van der Waals surface area contributed by atoms with Crippen molar-refractivity contribution in [3.63, 3.8) is 0 Å². The van der Waals surface area contributed by atoms with Gasteiger partial charge in [0, 0.05) is 13.0 Å². The van der Waals surface area contributed by atoms with E-state index in [2.05, 4.69) is 62.2 Å². The summed E-state index contributed by atoms with van der Waals surface area (Å²) in [5.74, 6) is 0.930. The van der Waals surface area contributed by atoms with Crippen molar-refractivity contribution in [1.29, 1.82) is 0 Å². The fraction of sp³-hybridized carbons (Fsp3) is 0.350. The van der Waals surface area contributed by atoms with Gasteiger partial charge in [0.1, 0.15) is 11.9 Å². The first-order valence-corrected chi connectivity index (χ1v) is 7.95. The molecule has 0 spiro atoms. The van der Waals surface area contributed by atoms with E-state index >= 15 is 0 Å². The quantitative estimate of drug-likeness (QED) is 0.489. The molecule has 24 heavy (non-hydrogen) atoms. The molecule has 1 atom stereocenters. The largest absolute Gasteiger partial charge is 2.00 e. The van der Waals surface area contributed by atoms with Crippen LogP contribution in [0.1, 0.15) is 30.1 Å². The van der Waals surface area contributed by atoms with Crippen molar-refractivity contribution >= 4 is 23.1 Å². The van der Waals surface area contributed by atoms with Crippen molar-refractivity contribution < 1.29 is 21.7 Å². The predicted octanol–water partition coefficient (Wildman–Crippen LogP) is 1.28. The molecule has 4 heteroatoms. The van der Waals surface area contributed by atoms with Crippen molar-refractivity contribution in [3.05, 3.63) is 72.6 Å². The first-order valence-electron chi connectivity index (χ1n) is 7.95. The van der Waals surface area contributed by atoms with E-state index in [1.165, 1.54) is 11.1 Å². The van der Waals surface area contributed by atoms with Crippen LogP contribution in [0.15, 0.2) is 54.6 Å². The average Bonchev–Trinajstić information content (AvgIpc) is 2.54. The van der Waals surface area contributed by atoms with Crippen LogP contribution in [0.2, 0.25) is 0 Å². The first-order chi connectivity index (χ1) is 10.7. The molecule has 2 aromatic rings. The number of nitrogens with zero attached hydrogens (tertiary/aromatic N) is 1. The SMILES string of the molecule is [Br-].[CH2-]CCN(C)CCC(Oc1ccc(C)cc1)c1ccccc1.[Mg+2]. The van der Waals surface area contributed by atoms with Crippen LogP contribution in [-0.4, -0.2) is 48.1 Å².